The van der Waals surface area contributed by atoms with Gasteiger partial charge in [-0.1, -0.05) is 68.5 Å². The van der Waals surface area contributed by atoms with Crippen LogP contribution < -0.4 is 0 Å². The summed E-state index contributed by atoms with van der Waals surface area (Å²) in [5, 5.41) is 1.38. The largest absolute Gasteiger partial charge is 0.511 e. The summed E-state index contributed by atoms with van der Waals surface area (Å²) in [6.07, 6.45) is -0.263. The molecule has 3 rings (SSSR count). The van der Waals surface area contributed by atoms with Crippen molar-refractivity contribution in [2.24, 2.45) is 5.92 Å². The van der Waals surface area contributed by atoms with Crippen LogP contribution in [0.25, 0.3) is 10.8 Å². The first-order valence-electron chi connectivity index (χ1n) is 12.5. The molecule has 0 radical (unpaired) electrons. The van der Waals surface area contributed by atoms with E-state index >= 15 is 0 Å². The molecule has 0 spiro atoms. The molecule has 12 heteroatoms. The standard InChI is InChI=1S/C27H32F3NO7S/c1-5-23-17(2)25(36-18(3)32)26(37-19(4)33)24(38-23)14-9-15-31(39(34,35)27(28,29)30)16-21-12-8-11-20-10-6-7-13-22(20)21/h6-14,17,23-26H,5,15-16H2,1-4H3/b14-9+/t17-,23-,24-,25+,26+/m1/s1. The zero-order valence-corrected chi connectivity index (χ0v) is 22.9. The Kier molecular flexibility index (Phi) is 9.78. The van der Waals surface area contributed by atoms with Gasteiger partial charge in [0.25, 0.3) is 0 Å². The van der Waals surface area contributed by atoms with Gasteiger partial charge in [-0.25, -0.2) is 8.42 Å². The lowest BCUT2D eigenvalue weighted by atomic mass is 9.86. The molecule has 2 aromatic rings. The van der Waals surface area contributed by atoms with Gasteiger partial charge in [0.15, 0.2) is 6.10 Å². The average molecular weight is 572 g/mol. The SMILES string of the molecule is CC[C@H]1O[C@H](/C=C/CN(Cc2cccc3ccccc23)S(=O)(=O)C(F)(F)F)[C@H](OC(C)=O)[C@@H](OC(C)=O)[C@@H]1C. The van der Waals surface area contributed by atoms with Crippen molar-refractivity contribution in [3.8, 4) is 0 Å². The quantitative estimate of drug-likeness (QED) is 0.317. The predicted molar refractivity (Wildman–Crippen MR) is 138 cm³/mol. The highest BCUT2D eigenvalue weighted by Gasteiger charge is 2.50. The maximum atomic E-state index is 13.6. The highest BCUT2D eigenvalue weighted by Crippen LogP contribution is 2.33. The minimum Gasteiger partial charge on any atom is -0.458 e. The second-order valence-corrected chi connectivity index (χ2v) is 11.3. The Morgan fingerprint density at radius 1 is 1.03 bits per heavy atom. The van der Waals surface area contributed by atoms with Gasteiger partial charge in [0.2, 0.25) is 0 Å². The Bertz CT molecular complexity index is 1310. The van der Waals surface area contributed by atoms with Gasteiger partial charge in [-0.05, 0) is 22.8 Å². The fraction of sp³-hybridized carbons (Fsp3) is 0.481. The molecular formula is C27H32F3NO7S. The van der Waals surface area contributed by atoms with Gasteiger partial charge in [0.05, 0.1) is 6.10 Å². The summed E-state index contributed by atoms with van der Waals surface area (Å²) in [6.45, 7) is 4.84. The molecule has 0 amide bonds. The zero-order chi connectivity index (χ0) is 29.0. The van der Waals surface area contributed by atoms with Crippen LogP contribution in [0.3, 0.4) is 0 Å². The number of hydrogen-bond acceptors (Lipinski definition) is 7. The number of carbonyl (C=O) groups is 2. The van der Waals surface area contributed by atoms with Crippen LogP contribution in [0.1, 0.15) is 39.7 Å². The second-order valence-electron chi connectivity index (χ2n) is 9.36. The number of fused-ring (bicyclic) bond motifs is 1. The van der Waals surface area contributed by atoms with E-state index in [1.165, 1.54) is 26.0 Å². The van der Waals surface area contributed by atoms with Crippen LogP contribution in [0, 0.1) is 5.92 Å². The van der Waals surface area contributed by atoms with E-state index in [1.807, 2.05) is 6.92 Å². The first kappa shape index (κ1) is 30.6. The van der Waals surface area contributed by atoms with E-state index in [4.69, 9.17) is 14.2 Å². The van der Waals surface area contributed by atoms with Crippen molar-refractivity contribution in [2.75, 3.05) is 6.54 Å². The smallest absolute Gasteiger partial charge is 0.458 e. The molecule has 0 aromatic heterocycles. The molecule has 0 unspecified atom stereocenters. The summed E-state index contributed by atoms with van der Waals surface area (Å²) in [5.74, 6) is -1.61. The summed E-state index contributed by atoms with van der Waals surface area (Å²) >= 11 is 0. The van der Waals surface area contributed by atoms with E-state index in [-0.39, 0.29) is 5.92 Å². The van der Waals surface area contributed by atoms with E-state index in [1.54, 1.807) is 49.4 Å². The number of rotatable bonds is 9. The van der Waals surface area contributed by atoms with Crippen LogP contribution in [0.4, 0.5) is 13.2 Å². The highest BCUT2D eigenvalue weighted by molar-refractivity contribution is 7.89. The van der Waals surface area contributed by atoms with Gasteiger partial charge < -0.3 is 14.2 Å². The Labute approximate surface area is 225 Å². The lowest BCUT2D eigenvalue weighted by Crippen LogP contribution is -2.55. The van der Waals surface area contributed by atoms with Crippen molar-refractivity contribution in [2.45, 2.75) is 70.6 Å². The Morgan fingerprint density at radius 3 is 2.26 bits per heavy atom. The lowest BCUT2D eigenvalue weighted by Gasteiger charge is -2.43. The molecule has 0 N–H and O–H groups in total. The van der Waals surface area contributed by atoms with E-state index in [0.29, 0.717) is 21.7 Å². The number of carbonyl (C=O) groups excluding carboxylic acids is 2. The molecule has 1 heterocycles. The fourth-order valence-corrected chi connectivity index (χ4v) is 5.63. The molecule has 2 aromatic carbocycles. The summed E-state index contributed by atoms with van der Waals surface area (Å²) in [5.41, 5.74) is -5.12. The van der Waals surface area contributed by atoms with Gasteiger partial charge in [-0.2, -0.15) is 17.5 Å². The topological polar surface area (TPSA) is 99.2 Å². The lowest BCUT2D eigenvalue weighted by molar-refractivity contribution is -0.214. The maximum Gasteiger partial charge on any atom is 0.511 e. The molecule has 5 atom stereocenters. The number of hydrogen-bond donors (Lipinski definition) is 0. The minimum atomic E-state index is -5.71. The molecule has 8 nitrogen and oxygen atoms in total. The normalized spacial score (nSPS) is 24.3. The fourth-order valence-electron chi connectivity index (χ4n) is 4.74. The van der Waals surface area contributed by atoms with Crippen molar-refractivity contribution in [1.82, 2.24) is 4.31 Å². The van der Waals surface area contributed by atoms with Crippen molar-refractivity contribution in [3.05, 3.63) is 60.2 Å². The second kappa shape index (κ2) is 12.5. The van der Waals surface area contributed by atoms with E-state index in [9.17, 15) is 31.2 Å². The molecule has 1 fully saturated rings. The van der Waals surface area contributed by atoms with Gasteiger partial charge in [0, 0.05) is 32.9 Å². The van der Waals surface area contributed by atoms with E-state index in [2.05, 4.69) is 0 Å². The van der Waals surface area contributed by atoms with Gasteiger partial charge in [-0.3, -0.25) is 9.59 Å². The summed E-state index contributed by atoms with van der Waals surface area (Å²) in [4.78, 5) is 23.6. The van der Waals surface area contributed by atoms with Crippen LogP contribution in [0.2, 0.25) is 0 Å². The van der Waals surface area contributed by atoms with Crippen LogP contribution in [0.15, 0.2) is 54.6 Å². The molecule has 0 saturated carbocycles. The number of nitrogens with zero attached hydrogens (tertiary/aromatic N) is 1. The molecule has 1 aliphatic rings. The number of ether oxygens (including phenoxy) is 3. The van der Waals surface area contributed by atoms with Crippen molar-refractivity contribution >= 4 is 32.7 Å². The summed E-state index contributed by atoms with van der Waals surface area (Å²) in [7, 11) is -5.71. The number of sulfonamides is 1. The van der Waals surface area contributed by atoms with Crippen molar-refractivity contribution in [3.63, 3.8) is 0 Å². The first-order valence-corrected chi connectivity index (χ1v) is 13.9. The van der Waals surface area contributed by atoms with Gasteiger partial charge in [-0.15, -0.1) is 0 Å². The maximum absolute atomic E-state index is 13.6. The molecule has 0 aliphatic carbocycles. The van der Waals surface area contributed by atoms with Crippen LogP contribution in [-0.2, 0) is 40.4 Å². The summed E-state index contributed by atoms with van der Waals surface area (Å²) in [6, 6.07) is 12.0. The highest BCUT2D eigenvalue weighted by atomic mass is 32.2. The van der Waals surface area contributed by atoms with E-state index in [0.717, 1.165) is 5.39 Å². The minimum absolute atomic E-state index is 0.332. The first-order chi connectivity index (χ1) is 18.3. The Hall–Kier alpha value is -2.96. The Morgan fingerprint density at radius 2 is 1.64 bits per heavy atom. The average Bonchev–Trinajstić information content (AvgIpc) is 2.85. The predicted octanol–water partition coefficient (Wildman–Crippen LogP) is 4.72. The molecule has 0 bridgehead atoms. The number of benzene rings is 2. The third-order valence-corrected chi connectivity index (χ3v) is 8.13. The molecule has 39 heavy (non-hydrogen) atoms. The summed E-state index contributed by atoms with van der Waals surface area (Å²) < 4.78 is 83.1. The van der Waals surface area contributed by atoms with Crippen LogP contribution in [-0.4, -0.2) is 61.1 Å². The van der Waals surface area contributed by atoms with Crippen molar-refractivity contribution < 1.29 is 45.4 Å². The third kappa shape index (κ3) is 7.17. The van der Waals surface area contributed by atoms with Crippen LogP contribution in [0.5, 0.6) is 0 Å². The van der Waals surface area contributed by atoms with Gasteiger partial charge in [0.1, 0.15) is 12.2 Å². The van der Waals surface area contributed by atoms with Crippen LogP contribution >= 0.6 is 0 Å². The van der Waals surface area contributed by atoms with E-state index < -0.39 is 65.0 Å². The zero-order valence-electron chi connectivity index (χ0n) is 22.1. The molecule has 1 aliphatic heterocycles. The number of alkyl halides is 3. The monoisotopic (exact) mass is 571 g/mol. The molecule has 214 valence electrons. The number of halogens is 3. The third-order valence-electron chi connectivity index (χ3n) is 6.58. The molecule has 1 saturated heterocycles. The van der Waals surface area contributed by atoms with Gasteiger partial charge >= 0.3 is 27.5 Å². The van der Waals surface area contributed by atoms with Crippen molar-refractivity contribution in [1.29, 1.82) is 0 Å². The Balaban J connectivity index is 1.94. The molecular weight excluding hydrogens is 539 g/mol. The number of esters is 2.